The van der Waals surface area contributed by atoms with Crippen LogP contribution in [-0.2, 0) is 27.1 Å². The van der Waals surface area contributed by atoms with E-state index in [-0.39, 0.29) is 5.91 Å². The molecule has 0 saturated carbocycles. The smallest absolute Gasteiger partial charge is 0.251 e. The molecule has 7 heteroatoms. The van der Waals surface area contributed by atoms with E-state index >= 15 is 0 Å². The van der Waals surface area contributed by atoms with Crippen molar-refractivity contribution in [3.8, 4) is 5.75 Å². The van der Waals surface area contributed by atoms with E-state index in [1.165, 1.54) is 7.11 Å². The normalized spacial score (nSPS) is 13.7. The standard InChI is InChI=1S/C24H26N2O4S/c1-29-20-15-13-18(14-16-20)17-25-24(27)23(30-2)22(19-9-5-3-6-10-19)26-31(28)21-11-7-4-8-12-21/h3-16,22-23,26H,17H2,1-2H3,(H,25,27). The van der Waals surface area contributed by atoms with E-state index in [4.69, 9.17) is 9.47 Å². The number of rotatable bonds is 10. The molecule has 0 fully saturated rings. The number of nitrogens with one attached hydrogen (secondary N) is 2. The Bertz CT molecular complexity index is 981. The van der Waals surface area contributed by atoms with E-state index in [0.29, 0.717) is 11.4 Å². The van der Waals surface area contributed by atoms with Crippen molar-refractivity contribution < 1.29 is 18.5 Å². The lowest BCUT2D eigenvalue weighted by Gasteiger charge is -2.26. The topological polar surface area (TPSA) is 76.7 Å². The van der Waals surface area contributed by atoms with Crippen LogP contribution >= 0.6 is 0 Å². The number of amides is 1. The monoisotopic (exact) mass is 438 g/mol. The molecule has 0 aliphatic rings. The lowest BCUT2D eigenvalue weighted by atomic mass is 10.0. The van der Waals surface area contributed by atoms with Gasteiger partial charge in [-0.25, -0.2) is 8.93 Å². The molecule has 0 saturated heterocycles. The molecular weight excluding hydrogens is 412 g/mol. The maximum Gasteiger partial charge on any atom is 0.251 e. The van der Waals surface area contributed by atoms with E-state index in [1.807, 2.05) is 72.8 Å². The van der Waals surface area contributed by atoms with Gasteiger partial charge in [-0.2, -0.15) is 0 Å². The Labute approximate surface area is 185 Å². The zero-order valence-electron chi connectivity index (χ0n) is 17.5. The van der Waals surface area contributed by atoms with Gasteiger partial charge >= 0.3 is 0 Å². The summed E-state index contributed by atoms with van der Waals surface area (Å²) >= 11 is 0. The SMILES string of the molecule is COc1ccc(CNC(=O)C(OC)C(NS(=O)c2ccccc2)c2ccccc2)cc1. The number of benzene rings is 3. The van der Waals surface area contributed by atoms with Gasteiger partial charge in [-0.3, -0.25) is 4.79 Å². The van der Waals surface area contributed by atoms with Crippen molar-refractivity contribution in [2.24, 2.45) is 0 Å². The molecule has 0 aromatic heterocycles. The van der Waals surface area contributed by atoms with E-state index in [1.54, 1.807) is 19.2 Å². The Morgan fingerprint density at radius 3 is 2.10 bits per heavy atom. The zero-order valence-corrected chi connectivity index (χ0v) is 18.3. The minimum absolute atomic E-state index is 0.301. The van der Waals surface area contributed by atoms with Crippen molar-refractivity contribution >= 4 is 16.9 Å². The largest absolute Gasteiger partial charge is 0.497 e. The van der Waals surface area contributed by atoms with Gasteiger partial charge in [-0.1, -0.05) is 60.7 Å². The van der Waals surface area contributed by atoms with Gasteiger partial charge in [0.25, 0.3) is 5.91 Å². The average molecular weight is 439 g/mol. The highest BCUT2D eigenvalue weighted by Crippen LogP contribution is 2.22. The lowest BCUT2D eigenvalue weighted by Crippen LogP contribution is -2.45. The molecule has 3 unspecified atom stereocenters. The fourth-order valence-corrected chi connectivity index (χ4v) is 4.15. The van der Waals surface area contributed by atoms with Gasteiger partial charge in [0.15, 0.2) is 6.10 Å². The van der Waals surface area contributed by atoms with Crippen LogP contribution in [0.4, 0.5) is 0 Å². The van der Waals surface area contributed by atoms with Crippen molar-refractivity contribution in [2.75, 3.05) is 14.2 Å². The molecule has 0 spiro atoms. The maximum absolute atomic E-state index is 13.0. The summed E-state index contributed by atoms with van der Waals surface area (Å²) in [4.78, 5) is 13.6. The van der Waals surface area contributed by atoms with Crippen LogP contribution in [0.1, 0.15) is 17.2 Å². The molecule has 0 bridgehead atoms. The van der Waals surface area contributed by atoms with Crippen molar-refractivity contribution in [3.63, 3.8) is 0 Å². The molecule has 6 nitrogen and oxygen atoms in total. The molecule has 3 aromatic rings. The number of hydrogen-bond acceptors (Lipinski definition) is 4. The van der Waals surface area contributed by atoms with Crippen LogP contribution in [0.2, 0.25) is 0 Å². The summed E-state index contributed by atoms with van der Waals surface area (Å²) in [7, 11) is 1.56. The molecule has 0 heterocycles. The van der Waals surface area contributed by atoms with Crippen LogP contribution in [0.15, 0.2) is 89.8 Å². The molecule has 1 amide bonds. The first-order valence-corrected chi connectivity index (χ1v) is 11.0. The Balaban J connectivity index is 1.76. The molecule has 3 aromatic carbocycles. The maximum atomic E-state index is 13.0. The number of hydrogen-bond donors (Lipinski definition) is 2. The first kappa shape index (κ1) is 22.7. The Morgan fingerprint density at radius 1 is 0.903 bits per heavy atom. The summed E-state index contributed by atoms with van der Waals surface area (Å²) in [5.74, 6) is 0.450. The average Bonchev–Trinajstić information content (AvgIpc) is 2.83. The Morgan fingerprint density at radius 2 is 1.52 bits per heavy atom. The third-order valence-electron chi connectivity index (χ3n) is 4.79. The molecule has 0 radical (unpaired) electrons. The molecule has 162 valence electrons. The van der Waals surface area contributed by atoms with E-state index in [9.17, 15) is 9.00 Å². The highest BCUT2D eigenvalue weighted by molar-refractivity contribution is 7.83. The fraction of sp³-hybridized carbons (Fsp3) is 0.208. The molecular formula is C24H26N2O4S. The van der Waals surface area contributed by atoms with Crippen LogP contribution in [0, 0.1) is 0 Å². The number of carbonyl (C=O) groups excluding carboxylic acids is 1. The van der Waals surface area contributed by atoms with Crippen LogP contribution in [-0.4, -0.2) is 30.4 Å². The molecule has 31 heavy (non-hydrogen) atoms. The molecule has 2 N–H and O–H groups in total. The Hall–Kier alpha value is -3.00. The highest BCUT2D eigenvalue weighted by atomic mass is 32.2. The van der Waals surface area contributed by atoms with Crippen molar-refractivity contribution in [1.82, 2.24) is 10.0 Å². The second-order valence-corrected chi connectivity index (χ2v) is 8.05. The first-order chi connectivity index (χ1) is 15.1. The summed E-state index contributed by atoms with van der Waals surface area (Å²) in [5, 5.41) is 2.91. The third-order valence-corrected chi connectivity index (χ3v) is 5.96. The summed E-state index contributed by atoms with van der Waals surface area (Å²) in [6, 6.07) is 25.3. The van der Waals surface area contributed by atoms with Crippen molar-refractivity contribution in [3.05, 3.63) is 96.1 Å². The summed E-state index contributed by atoms with van der Waals surface area (Å²) in [5.41, 5.74) is 1.74. The fourth-order valence-electron chi connectivity index (χ4n) is 3.12. The number of ether oxygens (including phenoxy) is 2. The zero-order chi connectivity index (χ0) is 22.1. The van der Waals surface area contributed by atoms with E-state index in [0.717, 1.165) is 16.9 Å². The summed E-state index contributed by atoms with van der Waals surface area (Å²) in [6.07, 6.45) is -0.881. The number of methoxy groups -OCH3 is 2. The molecule has 0 aliphatic heterocycles. The number of carbonyl (C=O) groups is 1. The van der Waals surface area contributed by atoms with Crippen LogP contribution in [0.3, 0.4) is 0 Å². The summed E-state index contributed by atoms with van der Waals surface area (Å²) in [6.45, 7) is 0.339. The van der Waals surface area contributed by atoms with Gasteiger partial charge in [-0.15, -0.1) is 0 Å². The molecule has 0 aliphatic carbocycles. The van der Waals surface area contributed by atoms with E-state index in [2.05, 4.69) is 10.0 Å². The first-order valence-electron chi connectivity index (χ1n) is 9.83. The van der Waals surface area contributed by atoms with Gasteiger partial charge < -0.3 is 14.8 Å². The second kappa shape index (κ2) is 11.4. The minimum atomic E-state index is -1.52. The predicted molar refractivity (Wildman–Crippen MR) is 121 cm³/mol. The van der Waals surface area contributed by atoms with Crippen molar-refractivity contribution in [1.29, 1.82) is 0 Å². The molecule has 3 atom stereocenters. The van der Waals surface area contributed by atoms with Gasteiger partial charge in [0.1, 0.15) is 16.7 Å². The van der Waals surface area contributed by atoms with Crippen LogP contribution in [0.5, 0.6) is 5.75 Å². The van der Waals surface area contributed by atoms with Crippen LogP contribution in [0.25, 0.3) is 0 Å². The van der Waals surface area contributed by atoms with Crippen LogP contribution < -0.4 is 14.8 Å². The second-order valence-electron chi connectivity index (χ2n) is 6.81. The lowest BCUT2D eigenvalue weighted by molar-refractivity contribution is -0.132. The molecule has 3 rings (SSSR count). The summed E-state index contributed by atoms with van der Waals surface area (Å²) < 4.78 is 26.7. The van der Waals surface area contributed by atoms with Gasteiger partial charge in [0.2, 0.25) is 0 Å². The van der Waals surface area contributed by atoms with Gasteiger partial charge in [0, 0.05) is 13.7 Å². The third kappa shape index (κ3) is 6.24. The highest BCUT2D eigenvalue weighted by Gasteiger charge is 2.31. The minimum Gasteiger partial charge on any atom is -0.497 e. The quantitative estimate of drug-likeness (QED) is 0.509. The van der Waals surface area contributed by atoms with E-state index < -0.39 is 23.1 Å². The van der Waals surface area contributed by atoms with Gasteiger partial charge in [-0.05, 0) is 35.4 Å². The predicted octanol–water partition coefficient (Wildman–Crippen LogP) is 3.38. The van der Waals surface area contributed by atoms with Gasteiger partial charge in [0.05, 0.1) is 18.0 Å². The Kier molecular flexibility index (Phi) is 8.35. The van der Waals surface area contributed by atoms with Crippen molar-refractivity contribution in [2.45, 2.75) is 23.6 Å².